The van der Waals surface area contributed by atoms with Gasteiger partial charge in [0.1, 0.15) is 5.82 Å². The third kappa shape index (κ3) is 4.22. The lowest BCUT2D eigenvalue weighted by Gasteiger charge is -2.24. The maximum Gasteiger partial charge on any atom is 0.261 e. The molecule has 3 heterocycles. The lowest BCUT2D eigenvalue weighted by molar-refractivity contribution is 0.0685. The van der Waals surface area contributed by atoms with Crippen molar-refractivity contribution in [3.8, 4) is 0 Å². The molecule has 172 valence electrons. The zero-order valence-electron chi connectivity index (χ0n) is 19.2. The number of hydrogen-bond donors (Lipinski definition) is 0. The van der Waals surface area contributed by atoms with Gasteiger partial charge >= 0.3 is 0 Å². The molecule has 0 N–H and O–H groups in total. The maximum absolute atomic E-state index is 13.5. The number of hydrazone groups is 1. The average Bonchev–Trinajstić information content (AvgIpc) is 2.89. The molecule has 4 aromatic rings. The van der Waals surface area contributed by atoms with Crippen molar-refractivity contribution in [2.45, 2.75) is 25.3 Å². The van der Waals surface area contributed by atoms with Crippen molar-refractivity contribution >= 4 is 33.7 Å². The van der Waals surface area contributed by atoms with Gasteiger partial charge in [0.05, 0.1) is 17.2 Å². The second kappa shape index (κ2) is 9.57. The number of hydrogen-bond acceptors (Lipinski definition) is 6. The minimum absolute atomic E-state index is 0.0130. The van der Waals surface area contributed by atoms with Crippen molar-refractivity contribution < 1.29 is 4.74 Å². The summed E-state index contributed by atoms with van der Waals surface area (Å²) >= 11 is 0. The summed E-state index contributed by atoms with van der Waals surface area (Å²) in [4.78, 5) is 22.8. The highest BCUT2D eigenvalue weighted by Crippen LogP contribution is 2.28. The number of rotatable bonds is 6. The Morgan fingerprint density at radius 3 is 2.68 bits per heavy atom. The van der Waals surface area contributed by atoms with Gasteiger partial charge in [-0.2, -0.15) is 5.10 Å². The molecule has 0 atom stereocenters. The van der Waals surface area contributed by atoms with Gasteiger partial charge in [-0.3, -0.25) is 14.4 Å². The highest BCUT2D eigenvalue weighted by atomic mass is 16.5. The number of pyridine rings is 1. The Balaban J connectivity index is 1.56. The molecule has 0 amide bonds. The van der Waals surface area contributed by atoms with Crippen molar-refractivity contribution in [3.63, 3.8) is 0 Å². The van der Waals surface area contributed by atoms with E-state index < -0.39 is 0 Å². The van der Waals surface area contributed by atoms with Gasteiger partial charge in [0.15, 0.2) is 0 Å². The van der Waals surface area contributed by atoms with Gasteiger partial charge in [0.25, 0.3) is 5.56 Å². The normalized spacial score (nSPS) is 14.7. The fraction of sp³-hybridized carbons (Fsp3) is 0.259. The molecule has 0 saturated carbocycles. The van der Waals surface area contributed by atoms with Crippen LogP contribution in [-0.4, -0.2) is 41.0 Å². The van der Waals surface area contributed by atoms with E-state index in [0.717, 1.165) is 46.1 Å². The topological polar surface area (TPSA) is 72.6 Å². The summed E-state index contributed by atoms with van der Waals surface area (Å²) in [5, 5.41) is 8.68. The van der Waals surface area contributed by atoms with Crippen LogP contribution in [0.3, 0.4) is 0 Å². The Hall–Kier alpha value is -3.84. The first-order valence-electron chi connectivity index (χ1n) is 11.5. The van der Waals surface area contributed by atoms with E-state index in [1.54, 1.807) is 28.2 Å². The van der Waals surface area contributed by atoms with Crippen molar-refractivity contribution in [2.75, 3.05) is 25.3 Å². The molecule has 34 heavy (non-hydrogen) atoms. The van der Waals surface area contributed by atoms with Crippen LogP contribution in [0.15, 0.2) is 77.5 Å². The van der Waals surface area contributed by atoms with E-state index in [4.69, 9.17) is 9.72 Å². The van der Waals surface area contributed by atoms with E-state index in [-0.39, 0.29) is 11.6 Å². The SMILES string of the molecule is C=C/C=N\N(C)c1ccc(Cc2cc3c(=O)n(C4CCOCC4)cnc3c3ccccc23)cn1. The molecule has 1 saturated heterocycles. The van der Waals surface area contributed by atoms with Crippen LogP contribution in [0.4, 0.5) is 5.82 Å². The van der Waals surface area contributed by atoms with Crippen LogP contribution < -0.4 is 10.6 Å². The molecule has 1 aliphatic heterocycles. The fourth-order valence-corrected chi connectivity index (χ4v) is 4.56. The second-order valence-corrected chi connectivity index (χ2v) is 8.50. The summed E-state index contributed by atoms with van der Waals surface area (Å²) in [6, 6.07) is 14.3. The minimum atomic E-state index is 0.0130. The molecular weight excluding hydrogens is 426 g/mol. The molecule has 0 spiro atoms. The van der Waals surface area contributed by atoms with Crippen LogP contribution in [0.5, 0.6) is 0 Å². The van der Waals surface area contributed by atoms with Gasteiger partial charge in [-0.15, -0.1) is 0 Å². The molecule has 0 bridgehead atoms. The van der Waals surface area contributed by atoms with Gasteiger partial charge in [-0.25, -0.2) is 9.97 Å². The summed E-state index contributed by atoms with van der Waals surface area (Å²) in [6.45, 7) is 4.99. The highest BCUT2D eigenvalue weighted by Gasteiger charge is 2.19. The Bertz CT molecular complexity index is 1420. The summed E-state index contributed by atoms with van der Waals surface area (Å²) in [5.74, 6) is 0.744. The monoisotopic (exact) mass is 453 g/mol. The predicted octanol–water partition coefficient (Wildman–Crippen LogP) is 4.50. The predicted molar refractivity (Wildman–Crippen MR) is 137 cm³/mol. The zero-order valence-corrected chi connectivity index (χ0v) is 19.2. The molecule has 2 aromatic carbocycles. The first-order chi connectivity index (χ1) is 16.7. The Labute approximate surface area is 198 Å². The average molecular weight is 454 g/mol. The van der Waals surface area contributed by atoms with E-state index in [2.05, 4.69) is 22.7 Å². The van der Waals surface area contributed by atoms with E-state index in [9.17, 15) is 4.79 Å². The van der Waals surface area contributed by atoms with E-state index >= 15 is 0 Å². The molecule has 0 aliphatic carbocycles. The smallest absolute Gasteiger partial charge is 0.261 e. The molecule has 1 aliphatic rings. The van der Waals surface area contributed by atoms with Crippen molar-refractivity contribution in [1.82, 2.24) is 14.5 Å². The largest absolute Gasteiger partial charge is 0.381 e. The molecule has 5 rings (SSSR count). The molecule has 7 nitrogen and oxygen atoms in total. The van der Waals surface area contributed by atoms with Crippen molar-refractivity contribution in [3.05, 3.63) is 89.1 Å². The van der Waals surface area contributed by atoms with Gasteiger partial charge in [0.2, 0.25) is 0 Å². The lowest BCUT2D eigenvalue weighted by Crippen LogP contribution is -2.29. The molecule has 0 unspecified atom stereocenters. The first kappa shape index (κ1) is 22.0. The summed E-state index contributed by atoms with van der Waals surface area (Å²) < 4.78 is 7.27. The summed E-state index contributed by atoms with van der Waals surface area (Å²) in [5.41, 5.74) is 2.91. The van der Waals surface area contributed by atoms with Crippen LogP contribution in [0, 0.1) is 0 Å². The molecule has 7 heteroatoms. The van der Waals surface area contributed by atoms with Crippen molar-refractivity contribution in [1.29, 1.82) is 0 Å². The van der Waals surface area contributed by atoms with Gasteiger partial charge in [0, 0.05) is 44.1 Å². The standard InChI is InChI=1S/C27H27N5O2/c1-3-12-30-31(2)25-9-8-19(17-28-25)15-20-16-24-26(23-7-5-4-6-22(20)23)29-18-32(27(24)33)21-10-13-34-14-11-21/h3-9,12,16-18,21H,1,10-11,13-15H2,2H3/b30-12-. The Morgan fingerprint density at radius 2 is 1.94 bits per heavy atom. The molecule has 2 aromatic heterocycles. The fourth-order valence-electron chi connectivity index (χ4n) is 4.56. The third-order valence-corrected chi connectivity index (χ3v) is 6.34. The van der Waals surface area contributed by atoms with Crippen LogP contribution in [-0.2, 0) is 11.2 Å². The summed E-state index contributed by atoms with van der Waals surface area (Å²) in [7, 11) is 1.84. The first-order valence-corrected chi connectivity index (χ1v) is 11.5. The number of aromatic nitrogens is 3. The number of nitrogens with zero attached hydrogens (tertiary/aromatic N) is 5. The van der Waals surface area contributed by atoms with Crippen LogP contribution in [0.1, 0.15) is 30.0 Å². The second-order valence-electron chi connectivity index (χ2n) is 8.50. The lowest BCUT2D eigenvalue weighted by atomic mass is 9.96. The van der Waals surface area contributed by atoms with Gasteiger partial charge in [-0.05, 0) is 54.0 Å². The number of anilines is 1. The van der Waals surface area contributed by atoms with Crippen molar-refractivity contribution in [2.24, 2.45) is 5.10 Å². The van der Waals surface area contributed by atoms with Crippen LogP contribution >= 0.6 is 0 Å². The number of allylic oxidation sites excluding steroid dienone is 1. The summed E-state index contributed by atoms with van der Waals surface area (Å²) in [6.07, 6.45) is 9.14. The van der Waals surface area contributed by atoms with E-state index in [1.807, 2.05) is 49.6 Å². The van der Waals surface area contributed by atoms with E-state index in [0.29, 0.717) is 25.0 Å². The van der Waals surface area contributed by atoms with Crippen LogP contribution in [0.2, 0.25) is 0 Å². The maximum atomic E-state index is 13.5. The number of fused-ring (bicyclic) bond motifs is 3. The van der Waals surface area contributed by atoms with E-state index in [1.165, 1.54) is 0 Å². The zero-order chi connectivity index (χ0) is 23.5. The Morgan fingerprint density at radius 1 is 1.15 bits per heavy atom. The Kier molecular flexibility index (Phi) is 6.18. The number of benzene rings is 2. The third-order valence-electron chi connectivity index (χ3n) is 6.34. The quantitative estimate of drug-likeness (QED) is 0.244. The van der Waals surface area contributed by atoms with Crippen LogP contribution in [0.25, 0.3) is 21.7 Å². The van der Waals surface area contributed by atoms with Gasteiger partial charge < -0.3 is 4.74 Å². The minimum Gasteiger partial charge on any atom is -0.381 e. The molecular formula is C27H27N5O2. The number of ether oxygens (including phenoxy) is 1. The van der Waals surface area contributed by atoms with Gasteiger partial charge in [-0.1, -0.05) is 36.9 Å². The highest BCUT2D eigenvalue weighted by molar-refractivity contribution is 6.06. The molecule has 0 radical (unpaired) electrons. The molecule has 1 fully saturated rings.